The molecule has 0 atom stereocenters. The van der Waals surface area contributed by atoms with Crippen LogP contribution in [0.2, 0.25) is 0 Å². The number of anilines is 1. The molecule has 1 N–H and O–H groups in total. The molecule has 0 saturated carbocycles. The van der Waals surface area contributed by atoms with Gasteiger partial charge in [-0.25, -0.2) is 4.79 Å². The van der Waals surface area contributed by atoms with E-state index in [0.29, 0.717) is 11.1 Å². The number of hydrogen-bond acceptors (Lipinski definition) is 4. The van der Waals surface area contributed by atoms with Crippen LogP contribution >= 0.6 is 0 Å². The Kier molecular flexibility index (Phi) is 5.35. The van der Waals surface area contributed by atoms with Gasteiger partial charge in [0.05, 0.1) is 16.8 Å². The van der Waals surface area contributed by atoms with Gasteiger partial charge < -0.3 is 14.6 Å². The van der Waals surface area contributed by atoms with E-state index in [1.54, 1.807) is 12.1 Å². The number of H-pyrrole nitrogens is 1. The highest BCUT2D eigenvalue weighted by Gasteiger charge is 2.21. The van der Waals surface area contributed by atoms with Gasteiger partial charge in [0, 0.05) is 30.7 Å². The van der Waals surface area contributed by atoms with E-state index in [4.69, 9.17) is 4.74 Å². The zero-order valence-corrected chi connectivity index (χ0v) is 16.9. The van der Waals surface area contributed by atoms with Gasteiger partial charge in [-0.15, -0.1) is 0 Å². The van der Waals surface area contributed by atoms with Crippen molar-refractivity contribution in [2.24, 2.45) is 0 Å². The highest BCUT2D eigenvalue weighted by Crippen LogP contribution is 2.30. The van der Waals surface area contributed by atoms with Gasteiger partial charge in [-0.05, 0) is 35.9 Å². The van der Waals surface area contributed by atoms with Gasteiger partial charge in [-0.2, -0.15) is 0 Å². The summed E-state index contributed by atoms with van der Waals surface area (Å²) in [5.41, 5.74) is 4.43. The third kappa shape index (κ3) is 3.82. The summed E-state index contributed by atoms with van der Waals surface area (Å²) in [4.78, 5) is 30.8. The fourth-order valence-corrected chi connectivity index (χ4v) is 3.44. The molecule has 0 spiro atoms. The first kappa shape index (κ1) is 19.5. The summed E-state index contributed by atoms with van der Waals surface area (Å²) in [5.74, 6) is -0.765. The summed E-state index contributed by atoms with van der Waals surface area (Å²) >= 11 is 0. The van der Waals surface area contributed by atoms with Crippen LogP contribution in [0, 0.1) is 0 Å². The molecule has 1 aromatic heterocycles. The number of aromatic amines is 1. The van der Waals surface area contributed by atoms with Crippen LogP contribution in [0.25, 0.3) is 22.2 Å². The number of esters is 1. The van der Waals surface area contributed by atoms with Crippen LogP contribution in [0.5, 0.6) is 0 Å². The SMILES string of the molecule is CN(C)c1ccc(C(=O)OCC(=O)c2c(-c3ccccc3)[nH]c3ccccc23)cc1. The van der Waals surface area contributed by atoms with Crippen molar-refractivity contribution < 1.29 is 14.3 Å². The topological polar surface area (TPSA) is 62.4 Å². The summed E-state index contributed by atoms with van der Waals surface area (Å²) in [6.07, 6.45) is 0. The number of ketones is 1. The summed E-state index contributed by atoms with van der Waals surface area (Å²) in [6.45, 7) is -0.323. The first-order valence-electron chi connectivity index (χ1n) is 9.68. The molecule has 4 aromatic rings. The average molecular weight is 398 g/mol. The minimum absolute atomic E-state index is 0.246. The van der Waals surface area contributed by atoms with Crippen molar-refractivity contribution >= 4 is 28.3 Å². The molecule has 0 radical (unpaired) electrons. The second-order valence-electron chi connectivity index (χ2n) is 7.23. The molecule has 150 valence electrons. The zero-order chi connectivity index (χ0) is 21.1. The molecule has 30 heavy (non-hydrogen) atoms. The fraction of sp³-hybridized carbons (Fsp3) is 0.120. The molecule has 3 aromatic carbocycles. The number of para-hydroxylation sites is 1. The molecule has 0 amide bonds. The maximum Gasteiger partial charge on any atom is 0.338 e. The van der Waals surface area contributed by atoms with E-state index < -0.39 is 5.97 Å². The zero-order valence-electron chi connectivity index (χ0n) is 16.9. The van der Waals surface area contributed by atoms with Crippen LogP contribution < -0.4 is 4.90 Å². The van der Waals surface area contributed by atoms with Crippen LogP contribution in [0.15, 0.2) is 78.9 Å². The van der Waals surface area contributed by atoms with Crippen molar-refractivity contribution in [2.45, 2.75) is 0 Å². The maximum atomic E-state index is 13.1. The number of ether oxygens (including phenoxy) is 1. The van der Waals surface area contributed by atoms with Crippen LogP contribution in [0.4, 0.5) is 5.69 Å². The van der Waals surface area contributed by atoms with E-state index in [1.807, 2.05) is 85.7 Å². The Morgan fingerprint density at radius 3 is 2.23 bits per heavy atom. The number of rotatable bonds is 6. The molecule has 4 rings (SSSR count). The number of carbonyl (C=O) groups excluding carboxylic acids is 2. The standard InChI is InChI=1S/C25H22N2O3/c1-27(2)19-14-12-18(13-15-19)25(29)30-16-22(28)23-20-10-6-7-11-21(20)26-24(23)17-8-4-3-5-9-17/h3-15,26H,16H2,1-2H3. The van der Waals surface area contributed by atoms with E-state index in [2.05, 4.69) is 4.98 Å². The van der Waals surface area contributed by atoms with E-state index >= 15 is 0 Å². The van der Waals surface area contributed by atoms with Gasteiger partial charge in [0.2, 0.25) is 5.78 Å². The molecule has 0 aliphatic carbocycles. The number of fused-ring (bicyclic) bond motifs is 1. The van der Waals surface area contributed by atoms with Gasteiger partial charge >= 0.3 is 5.97 Å². The Morgan fingerprint density at radius 1 is 0.867 bits per heavy atom. The second kappa shape index (κ2) is 8.25. The number of nitrogens with one attached hydrogen (secondary N) is 1. The van der Waals surface area contributed by atoms with Crippen molar-refractivity contribution in [3.8, 4) is 11.3 Å². The Hall–Kier alpha value is -3.86. The van der Waals surface area contributed by atoms with Gasteiger partial charge in [0.25, 0.3) is 0 Å². The maximum absolute atomic E-state index is 13.1. The van der Waals surface area contributed by atoms with Crippen LogP contribution in [0.1, 0.15) is 20.7 Å². The third-order valence-corrected chi connectivity index (χ3v) is 5.00. The molecule has 0 aliphatic heterocycles. The Bertz CT molecular complexity index is 1190. The minimum atomic E-state index is -0.519. The van der Waals surface area contributed by atoms with E-state index in [1.165, 1.54) is 0 Å². The Labute approximate surface area is 174 Å². The summed E-state index contributed by atoms with van der Waals surface area (Å²) < 4.78 is 5.34. The normalized spacial score (nSPS) is 10.7. The molecule has 0 saturated heterocycles. The number of hydrogen-bond donors (Lipinski definition) is 1. The average Bonchev–Trinajstić information content (AvgIpc) is 3.17. The highest BCUT2D eigenvalue weighted by atomic mass is 16.5. The van der Waals surface area contributed by atoms with Crippen molar-refractivity contribution in [2.75, 3.05) is 25.6 Å². The quantitative estimate of drug-likeness (QED) is 0.369. The number of benzene rings is 3. The van der Waals surface area contributed by atoms with E-state index in [0.717, 1.165) is 27.8 Å². The van der Waals surface area contributed by atoms with Crippen molar-refractivity contribution in [1.29, 1.82) is 0 Å². The van der Waals surface area contributed by atoms with Crippen LogP contribution in [-0.2, 0) is 4.74 Å². The van der Waals surface area contributed by atoms with Crippen LogP contribution in [-0.4, -0.2) is 37.4 Å². The molecular weight excluding hydrogens is 376 g/mol. The lowest BCUT2D eigenvalue weighted by Gasteiger charge is -2.12. The number of Topliss-reactive ketones (excluding diaryl/α,β-unsaturated/α-hetero) is 1. The Balaban J connectivity index is 1.58. The first-order valence-corrected chi connectivity index (χ1v) is 9.68. The number of carbonyl (C=O) groups is 2. The lowest BCUT2D eigenvalue weighted by atomic mass is 10.0. The van der Waals surface area contributed by atoms with Gasteiger partial charge in [0.1, 0.15) is 0 Å². The number of aromatic nitrogens is 1. The summed E-state index contributed by atoms with van der Waals surface area (Å²) in [5, 5.41) is 0.813. The number of nitrogens with zero attached hydrogens (tertiary/aromatic N) is 1. The molecule has 0 bridgehead atoms. The fourth-order valence-electron chi connectivity index (χ4n) is 3.44. The molecule has 0 fully saturated rings. The lowest BCUT2D eigenvalue weighted by molar-refractivity contribution is 0.0475. The predicted octanol–water partition coefficient (Wildman–Crippen LogP) is 4.94. The van der Waals surface area contributed by atoms with Crippen LogP contribution in [0.3, 0.4) is 0 Å². The predicted molar refractivity (Wildman–Crippen MR) is 119 cm³/mol. The highest BCUT2D eigenvalue weighted by molar-refractivity contribution is 6.14. The lowest BCUT2D eigenvalue weighted by Crippen LogP contribution is -2.15. The van der Waals surface area contributed by atoms with Crippen molar-refractivity contribution in [3.05, 3.63) is 90.0 Å². The summed E-state index contributed by atoms with van der Waals surface area (Å²) in [6, 6.07) is 24.4. The van der Waals surface area contributed by atoms with Gasteiger partial charge in [0.15, 0.2) is 6.61 Å². The molecule has 0 unspecified atom stereocenters. The minimum Gasteiger partial charge on any atom is -0.454 e. The second-order valence-corrected chi connectivity index (χ2v) is 7.23. The third-order valence-electron chi connectivity index (χ3n) is 5.00. The summed E-state index contributed by atoms with van der Waals surface area (Å²) in [7, 11) is 3.86. The largest absolute Gasteiger partial charge is 0.454 e. The first-order chi connectivity index (χ1) is 14.5. The van der Waals surface area contributed by atoms with Crippen molar-refractivity contribution in [1.82, 2.24) is 4.98 Å². The molecule has 1 heterocycles. The monoisotopic (exact) mass is 398 g/mol. The smallest absolute Gasteiger partial charge is 0.338 e. The molecule has 0 aliphatic rings. The molecular formula is C25H22N2O3. The Morgan fingerprint density at radius 2 is 1.53 bits per heavy atom. The molecule has 5 heteroatoms. The molecule has 5 nitrogen and oxygen atoms in total. The van der Waals surface area contributed by atoms with Gasteiger partial charge in [-0.3, -0.25) is 4.79 Å². The van der Waals surface area contributed by atoms with Gasteiger partial charge in [-0.1, -0.05) is 48.5 Å². The van der Waals surface area contributed by atoms with Crippen molar-refractivity contribution in [3.63, 3.8) is 0 Å². The van der Waals surface area contributed by atoms with E-state index in [-0.39, 0.29) is 12.4 Å². The van der Waals surface area contributed by atoms with E-state index in [9.17, 15) is 9.59 Å².